The highest BCUT2D eigenvalue weighted by molar-refractivity contribution is 6.30. The summed E-state index contributed by atoms with van der Waals surface area (Å²) in [7, 11) is 0. The fourth-order valence-electron chi connectivity index (χ4n) is 2.01. The van der Waals surface area contributed by atoms with E-state index in [0.29, 0.717) is 13.2 Å². The average molecular weight is 296 g/mol. The largest absolute Gasteiger partial charge is 0.396 e. The molecule has 18 heavy (non-hydrogen) atoms. The van der Waals surface area contributed by atoms with Crippen molar-refractivity contribution < 1.29 is 14.2 Å². The fourth-order valence-corrected chi connectivity index (χ4v) is 2.20. The molecular formula is C12H16Cl2FNO2. The molecule has 2 atom stereocenters. The molecule has 2 N–H and O–H groups in total. The van der Waals surface area contributed by atoms with Gasteiger partial charge in [0.1, 0.15) is 5.82 Å². The van der Waals surface area contributed by atoms with Gasteiger partial charge in [-0.25, -0.2) is 4.39 Å². The van der Waals surface area contributed by atoms with E-state index in [1.807, 2.05) is 0 Å². The Morgan fingerprint density at radius 3 is 2.94 bits per heavy atom. The van der Waals surface area contributed by atoms with E-state index in [0.717, 1.165) is 12.1 Å². The summed E-state index contributed by atoms with van der Waals surface area (Å²) < 4.78 is 18.8. The Labute approximate surface area is 117 Å². The van der Waals surface area contributed by atoms with E-state index >= 15 is 0 Å². The van der Waals surface area contributed by atoms with Crippen molar-refractivity contribution in [2.45, 2.75) is 6.10 Å². The molecule has 1 aliphatic heterocycles. The first-order chi connectivity index (χ1) is 8.22. The Balaban J connectivity index is 0.00000162. The molecule has 1 aliphatic rings. The summed E-state index contributed by atoms with van der Waals surface area (Å²) in [5, 5.41) is 12.6. The maximum absolute atomic E-state index is 13.1. The van der Waals surface area contributed by atoms with Crippen LogP contribution in [0.25, 0.3) is 0 Å². The summed E-state index contributed by atoms with van der Waals surface area (Å²) >= 11 is 5.76. The first-order valence-corrected chi connectivity index (χ1v) is 5.98. The molecule has 102 valence electrons. The van der Waals surface area contributed by atoms with Crippen LogP contribution in [-0.4, -0.2) is 31.4 Å². The standard InChI is InChI=1S/C12H15ClFNO2.ClH/c13-10-5-8(1-2-11(10)14)12-9(7-16)6-15-3-4-17-12;/h1-2,5,9,12,15-16H,3-4,6-7H2;1H. The molecule has 0 spiro atoms. The molecule has 1 fully saturated rings. The van der Waals surface area contributed by atoms with E-state index in [2.05, 4.69) is 5.32 Å². The van der Waals surface area contributed by atoms with Gasteiger partial charge in [0.2, 0.25) is 0 Å². The molecule has 1 saturated heterocycles. The molecule has 1 aromatic rings. The molecule has 0 aliphatic carbocycles. The van der Waals surface area contributed by atoms with Crippen LogP contribution in [-0.2, 0) is 4.74 Å². The number of benzene rings is 1. The van der Waals surface area contributed by atoms with Crippen molar-refractivity contribution in [3.63, 3.8) is 0 Å². The number of hydrogen-bond acceptors (Lipinski definition) is 3. The van der Waals surface area contributed by atoms with Crippen molar-refractivity contribution >= 4 is 24.0 Å². The summed E-state index contributed by atoms with van der Waals surface area (Å²) in [6.07, 6.45) is -0.243. The van der Waals surface area contributed by atoms with Gasteiger partial charge in [0, 0.05) is 25.6 Å². The number of aliphatic hydroxyl groups excluding tert-OH is 1. The van der Waals surface area contributed by atoms with E-state index in [-0.39, 0.29) is 36.1 Å². The third-order valence-corrected chi connectivity index (χ3v) is 3.21. The Kier molecular flexibility index (Phi) is 6.32. The predicted molar refractivity (Wildman–Crippen MR) is 70.8 cm³/mol. The van der Waals surface area contributed by atoms with Gasteiger partial charge in [0.15, 0.2) is 0 Å². The number of halogens is 3. The van der Waals surface area contributed by atoms with Gasteiger partial charge >= 0.3 is 0 Å². The summed E-state index contributed by atoms with van der Waals surface area (Å²) in [4.78, 5) is 0. The Morgan fingerprint density at radius 1 is 1.50 bits per heavy atom. The van der Waals surface area contributed by atoms with E-state index < -0.39 is 5.82 Å². The first kappa shape index (κ1) is 15.7. The zero-order chi connectivity index (χ0) is 12.3. The number of ether oxygens (including phenoxy) is 1. The Bertz CT molecular complexity index is 392. The van der Waals surface area contributed by atoms with E-state index in [1.54, 1.807) is 12.1 Å². The highest BCUT2D eigenvalue weighted by Gasteiger charge is 2.25. The van der Waals surface area contributed by atoms with E-state index in [4.69, 9.17) is 16.3 Å². The van der Waals surface area contributed by atoms with Gasteiger partial charge in [-0.15, -0.1) is 12.4 Å². The van der Waals surface area contributed by atoms with Gasteiger partial charge < -0.3 is 15.2 Å². The van der Waals surface area contributed by atoms with Crippen LogP contribution in [0.4, 0.5) is 4.39 Å². The van der Waals surface area contributed by atoms with Crippen LogP contribution >= 0.6 is 24.0 Å². The minimum absolute atomic E-state index is 0. The molecule has 2 rings (SSSR count). The third kappa shape index (κ3) is 3.56. The number of hydrogen-bond donors (Lipinski definition) is 2. The smallest absolute Gasteiger partial charge is 0.141 e. The first-order valence-electron chi connectivity index (χ1n) is 5.60. The minimum atomic E-state index is -0.442. The monoisotopic (exact) mass is 295 g/mol. The molecule has 6 heteroatoms. The topological polar surface area (TPSA) is 41.5 Å². The second-order valence-corrected chi connectivity index (χ2v) is 4.52. The lowest BCUT2D eigenvalue weighted by atomic mass is 9.96. The zero-order valence-electron chi connectivity index (χ0n) is 9.73. The Hall–Kier alpha value is -0.390. The van der Waals surface area contributed by atoms with Crippen molar-refractivity contribution in [1.29, 1.82) is 0 Å². The molecule has 0 radical (unpaired) electrons. The molecule has 1 aromatic carbocycles. The van der Waals surface area contributed by atoms with Crippen LogP contribution in [0.5, 0.6) is 0 Å². The fraction of sp³-hybridized carbons (Fsp3) is 0.500. The van der Waals surface area contributed by atoms with Gasteiger partial charge in [-0.2, -0.15) is 0 Å². The summed E-state index contributed by atoms with van der Waals surface area (Å²) in [5.74, 6) is -0.485. The van der Waals surface area contributed by atoms with Gasteiger partial charge in [0.25, 0.3) is 0 Å². The highest BCUT2D eigenvalue weighted by Crippen LogP contribution is 2.29. The molecule has 0 saturated carbocycles. The SMILES string of the molecule is Cl.OCC1CNCCOC1c1ccc(F)c(Cl)c1. The normalized spacial score (nSPS) is 24.2. The summed E-state index contributed by atoms with van der Waals surface area (Å²) in [5.41, 5.74) is 0.805. The van der Waals surface area contributed by atoms with Crippen LogP contribution in [0.2, 0.25) is 5.02 Å². The van der Waals surface area contributed by atoms with Crippen molar-refractivity contribution in [2.75, 3.05) is 26.3 Å². The van der Waals surface area contributed by atoms with Crippen LogP contribution < -0.4 is 5.32 Å². The lowest BCUT2D eigenvalue weighted by molar-refractivity contribution is 0.0115. The lowest BCUT2D eigenvalue weighted by Gasteiger charge is -2.23. The number of rotatable bonds is 2. The predicted octanol–water partition coefficient (Wildman–Crippen LogP) is 2.17. The van der Waals surface area contributed by atoms with Crippen molar-refractivity contribution in [3.8, 4) is 0 Å². The maximum atomic E-state index is 13.1. The molecule has 0 bridgehead atoms. The lowest BCUT2D eigenvalue weighted by Crippen LogP contribution is -2.27. The Morgan fingerprint density at radius 2 is 2.28 bits per heavy atom. The third-order valence-electron chi connectivity index (χ3n) is 2.92. The van der Waals surface area contributed by atoms with Crippen LogP contribution in [0.1, 0.15) is 11.7 Å². The average Bonchev–Trinajstić information content (AvgIpc) is 2.57. The molecule has 1 heterocycles. The zero-order valence-corrected chi connectivity index (χ0v) is 11.3. The molecular weight excluding hydrogens is 280 g/mol. The molecule has 2 unspecified atom stereocenters. The summed E-state index contributed by atoms with van der Waals surface area (Å²) in [6, 6.07) is 4.54. The molecule has 3 nitrogen and oxygen atoms in total. The quantitative estimate of drug-likeness (QED) is 0.879. The number of aliphatic hydroxyl groups is 1. The molecule has 0 amide bonds. The van der Waals surface area contributed by atoms with Crippen LogP contribution in [0.15, 0.2) is 18.2 Å². The van der Waals surface area contributed by atoms with Gasteiger partial charge in [-0.3, -0.25) is 0 Å². The van der Waals surface area contributed by atoms with Gasteiger partial charge in [-0.05, 0) is 17.7 Å². The molecule has 0 aromatic heterocycles. The summed E-state index contributed by atoms with van der Waals surface area (Å²) in [6.45, 7) is 2.01. The second kappa shape index (κ2) is 7.26. The number of nitrogens with one attached hydrogen (secondary N) is 1. The van der Waals surface area contributed by atoms with Crippen molar-refractivity contribution in [3.05, 3.63) is 34.6 Å². The second-order valence-electron chi connectivity index (χ2n) is 4.11. The van der Waals surface area contributed by atoms with Crippen molar-refractivity contribution in [1.82, 2.24) is 5.32 Å². The van der Waals surface area contributed by atoms with E-state index in [1.165, 1.54) is 6.07 Å². The maximum Gasteiger partial charge on any atom is 0.141 e. The van der Waals surface area contributed by atoms with Crippen molar-refractivity contribution in [2.24, 2.45) is 5.92 Å². The minimum Gasteiger partial charge on any atom is -0.396 e. The highest BCUT2D eigenvalue weighted by atomic mass is 35.5. The van der Waals surface area contributed by atoms with Gasteiger partial charge in [-0.1, -0.05) is 17.7 Å². The van der Waals surface area contributed by atoms with Gasteiger partial charge in [0.05, 0.1) is 17.7 Å². The van der Waals surface area contributed by atoms with E-state index in [9.17, 15) is 9.50 Å². The van der Waals surface area contributed by atoms with Crippen LogP contribution in [0.3, 0.4) is 0 Å². The van der Waals surface area contributed by atoms with Crippen LogP contribution in [0, 0.1) is 11.7 Å².